The normalized spacial score (nSPS) is 13.8. The van der Waals surface area contributed by atoms with Crippen LogP contribution in [0.1, 0.15) is 25.8 Å². The summed E-state index contributed by atoms with van der Waals surface area (Å²) in [5.41, 5.74) is -0.637. The fraction of sp³-hybridized carbons (Fsp3) is 0.385. The first kappa shape index (κ1) is 13.2. The zero-order valence-electron chi connectivity index (χ0n) is 10.1. The molecule has 0 radical (unpaired) electrons. The van der Waals surface area contributed by atoms with Crippen molar-refractivity contribution in [3.05, 3.63) is 35.9 Å². The van der Waals surface area contributed by atoms with Gasteiger partial charge in [0.1, 0.15) is 0 Å². The van der Waals surface area contributed by atoms with Crippen LogP contribution in [-0.2, 0) is 15.1 Å². The Bertz CT molecular complexity index is 391. The van der Waals surface area contributed by atoms with Gasteiger partial charge >= 0.3 is 5.97 Å². The van der Waals surface area contributed by atoms with Crippen LogP contribution in [0, 0.1) is 0 Å². The van der Waals surface area contributed by atoms with Gasteiger partial charge in [-0.25, -0.2) is 4.79 Å². The Hall–Kier alpha value is -1.84. The van der Waals surface area contributed by atoms with Gasteiger partial charge < -0.3 is 10.0 Å². The first-order valence-electron chi connectivity index (χ1n) is 5.64. The van der Waals surface area contributed by atoms with Crippen molar-refractivity contribution in [2.75, 3.05) is 6.54 Å². The monoisotopic (exact) mass is 235 g/mol. The molecule has 1 aromatic rings. The zero-order valence-corrected chi connectivity index (χ0v) is 10.1. The van der Waals surface area contributed by atoms with Crippen LogP contribution in [0.15, 0.2) is 30.3 Å². The number of aliphatic carboxylic acids is 1. The number of carbonyl (C=O) groups excluding carboxylic acids is 1. The Morgan fingerprint density at radius 3 is 2.29 bits per heavy atom. The summed E-state index contributed by atoms with van der Waals surface area (Å²) < 4.78 is 0. The van der Waals surface area contributed by atoms with Gasteiger partial charge in [0.15, 0.2) is 5.54 Å². The van der Waals surface area contributed by atoms with Gasteiger partial charge in [-0.05, 0) is 18.9 Å². The van der Waals surface area contributed by atoms with E-state index in [1.54, 1.807) is 38.1 Å². The van der Waals surface area contributed by atoms with E-state index in [0.717, 1.165) is 0 Å². The van der Waals surface area contributed by atoms with E-state index in [4.69, 9.17) is 0 Å². The minimum absolute atomic E-state index is 0.332. The molecule has 1 amide bonds. The highest BCUT2D eigenvalue weighted by Crippen LogP contribution is 2.31. The van der Waals surface area contributed by atoms with Gasteiger partial charge in [0.2, 0.25) is 6.41 Å². The van der Waals surface area contributed by atoms with Crippen LogP contribution in [0.5, 0.6) is 0 Å². The molecule has 0 aromatic heterocycles. The van der Waals surface area contributed by atoms with E-state index < -0.39 is 11.5 Å². The molecular weight excluding hydrogens is 218 g/mol. The molecule has 4 heteroatoms. The third-order valence-electron chi connectivity index (χ3n) is 3.08. The summed E-state index contributed by atoms with van der Waals surface area (Å²) in [5.74, 6) is -1.000. The summed E-state index contributed by atoms with van der Waals surface area (Å²) >= 11 is 0. The molecule has 1 N–H and O–H groups in total. The molecule has 0 saturated carbocycles. The van der Waals surface area contributed by atoms with E-state index in [1.807, 2.05) is 6.07 Å². The molecule has 0 fully saturated rings. The van der Waals surface area contributed by atoms with E-state index in [1.165, 1.54) is 4.90 Å². The Balaban J connectivity index is 3.37. The van der Waals surface area contributed by atoms with Crippen LogP contribution in [0.25, 0.3) is 0 Å². The van der Waals surface area contributed by atoms with Gasteiger partial charge in [0.05, 0.1) is 0 Å². The molecule has 0 heterocycles. The minimum Gasteiger partial charge on any atom is -0.479 e. The average molecular weight is 235 g/mol. The van der Waals surface area contributed by atoms with E-state index in [0.29, 0.717) is 24.9 Å². The number of hydrogen-bond donors (Lipinski definition) is 1. The van der Waals surface area contributed by atoms with Gasteiger partial charge in [-0.3, -0.25) is 4.79 Å². The van der Waals surface area contributed by atoms with Crippen molar-refractivity contribution in [3.8, 4) is 0 Å². The number of likely N-dealkylation sites (N-methyl/N-ethyl adjacent to an activating group) is 1. The fourth-order valence-corrected chi connectivity index (χ4v) is 2.12. The van der Waals surface area contributed by atoms with E-state index in [9.17, 15) is 14.7 Å². The number of carboxylic acid groups (broad SMARTS) is 1. The first-order chi connectivity index (χ1) is 8.13. The first-order valence-corrected chi connectivity index (χ1v) is 5.64. The molecule has 92 valence electrons. The Morgan fingerprint density at radius 1 is 1.35 bits per heavy atom. The lowest BCUT2D eigenvalue weighted by Crippen LogP contribution is -2.51. The highest BCUT2D eigenvalue weighted by Gasteiger charge is 2.43. The summed E-state index contributed by atoms with van der Waals surface area (Å²) in [6.45, 7) is 3.90. The smallest absolute Gasteiger partial charge is 0.334 e. The minimum atomic E-state index is -1.27. The molecule has 1 atom stereocenters. The molecule has 0 aliphatic heterocycles. The lowest BCUT2D eigenvalue weighted by atomic mass is 9.85. The van der Waals surface area contributed by atoms with Crippen LogP contribution in [0.4, 0.5) is 0 Å². The van der Waals surface area contributed by atoms with Crippen LogP contribution >= 0.6 is 0 Å². The maximum Gasteiger partial charge on any atom is 0.334 e. The lowest BCUT2D eigenvalue weighted by molar-refractivity contribution is -0.156. The predicted octanol–water partition coefficient (Wildman–Crippen LogP) is 1.85. The van der Waals surface area contributed by atoms with Crippen LogP contribution in [-0.4, -0.2) is 28.9 Å². The molecule has 1 unspecified atom stereocenters. The summed E-state index contributed by atoms with van der Waals surface area (Å²) in [7, 11) is 0. The SMILES string of the molecule is CCN(C=O)C(CC)(C(=O)O)c1ccccc1. The summed E-state index contributed by atoms with van der Waals surface area (Å²) in [6.07, 6.45) is 0.934. The van der Waals surface area contributed by atoms with Crippen molar-refractivity contribution in [1.82, 2.24) is 4.90 Å². The van der Waals surface area contributed by atoms with Crippen molar-refractivity contribution in [3.63, 3.8) is 0 Å². The topological polar surface area (TPSA) is 57.6 Å². The Morgan fingerprint density at radius 2 is 1.94 bits per heavy atom. The van der Waals surface area contributed by atoms with Crippen molar-refractivity contribution in [2.24, 2.45) is 0 Å². The second kappa shape index (κ2) is 5.48. The molecular formula is C13H17NO3. The van der Waals surface area contributed by atoms with Gasteiger partial charge in [-0.2, -0.15) is 0 Å². The maximum absolute atomic E-state index is 11.6. The van der Waals surface area contributed by atoms with E-state index >= 15 is 0 Å². The Labute approximate surface area is 101 Å². The van der Waals surface area contributed by atoms with Crippen LogP contribution < -0.4 is 0 Å². The van der Waals surface area contributed by atoms with Gasteiger partial charge in [0, 0.05) is 6.54 Å². The second-order valence-corrected chi connectivity index (χ2v) is 3.78. The number of rotatable bonds is 6. The highest BCUT2D eigenvalue weighted by atomic mass is 16.4. The third-order valence-corrected chi connectivity index (χ3v) is 3.08. The number of nitrogens with zero attached hydrogens (tertiary/aromatic N) is 1. The maximum atomic E-state index is 11.6. The molecule has 0 aliphatic rings. The van der Waals surface area contributed by atoms with Crippen molar-refractivity contribution >= 4 is 12.4 Å². The van der Waals surface area contributed by atoms with E-state index in [2.05, 4.69) is 0 Å². The molecule has 1 aromatic carbocycles. The number of benzene rings is 1. The van der Waals surface area contributed by atoms with Crippen LogP contribution in [0.3, 0.4) is 0 Å². The Kier molecular flexibility index (Phi) is 4.26. The summed E-state index contributed by atoms with van der Waals surface area (Å²) in [6, 6.07) is 8.86. The third kappa shape index (κ3) is 2.16. The molecule has 0 saturated heterocycles. The zero-order chi connectivity index (χ0) is 12.9. The van der Waals surface area contributed by atoms with Gasteiger partial charge in [0.25, 0.3) is 0 Å². The number of carboxylic acids is 1. The quantitative estimate of drug-likeness (QED) is 0.765. The number of hydrogen-bond acceptors (Lipinski definition) is 2. The van der Waals surface area contributed by atoms with Gasteiger partial charge in [-0.15, -0.1) is 0 Å². The number of amides is 1. The molecule has 0 aliphatic carbocycles. The molecule has 17 heavy (non-hydrogen) atoms. The predicted molar refractivity (Wildman–Crippen MR) is 64.5 cm³/mol. The van der Waals surface area contributed by atoms with Crippen molar-refractivity contribution in [1.29, 1.82) is 0 Å². The lowest BCUT2D eigenvalue weighted by Gasteiger charge is -2.37. The summed E-state index contributed by atoms with van der Waals surface area (Å²) in [5, 5.41) is 9.51. The van der Waals surface area contributed by atoms with Crippen molar-refractivity contribution in [2.45, 2.75) is 25.8 Å². The standard InChI is InChI=1S/C13H17NO3/c1-3-13(12(16)17,14(4-2)10-15)11-8-6-5-7-9-11/h5-10H,3-4H2,1-2H3,(H,16,17). The number of carbonyl (C=O) groups is 2. The fourth-order valence-electron chi connectivity index (χ4n) is 2.12. The average Bonchev–Trinajstić information content (AvgIpc) is 2.36. The molecule has 1 rings (SSSR count). The molecule has 0 spiro atoms. The summed E-state index contributed by atoms with van der Waals surface area (Å²) in [4.78, 5) is 24.0. The van der Waals surface area contributed by atoms with Gasteiger partial charge in [-0.1, -0.05) is 37.3 Å². The van der Waals surface area contributed by atoms with E-state index in [-0.39, 0.29) is 0 Å². The molecule has 4 nitrogen and oxygen atoms in total. The molecule has 0 bridgehead atoms. The van der Waals surface area contributed by atoms with Crippen molar-refractivity contribution < 1.29 is 14.7 Å². The highest BCUT2D eigenvalue weighted by molar-refractivity contribution is 5.83. The van der Waals surface area contributed by atoms with Crippen LogP contribution in [0.2, 0.25) is 0 Å². The largest absolute Gasteiger partial charge is 0.479 e. The second-order valence-electron chi connectivity index (χ2n) is 3.78.